The van der Waals surface area contributed by atoms with Crippen molar-refractivity contribution in [2.45, 2.75) is 59.6 Å². The molecule has 0 aliphatic heterocycles. The Morgan fingerprint density at radius 1 is 1.06 bits per heavy atom. The normalized spacial score (nSPS) is 12.5. The monoisotopic (exact) mass is 446 g/mol. The smallest absolute Gasteiger partial charge is 0.243 e. The average Bonchev–Trinajstić information content (AvgIpc) is 2.67. The van der Waals surface area contributed by atoms with Crippen molar-refractivity contribution < 1.29 is 17.9 Å². The Hall–Kier alpha value is -2.54. The van der Waals surface area contributed by atoms with Gasteiger partial charge in [-0.3, -0.25) is 9.10 Å². The van der Waals surface area contributed by atoms with Crippen LogP contribution in [-0.2, 0) is 21.2 Å². The molecule has 1 amide bonds. The Morgan fingerprint density at radius 2 is 1.71 bits per heavy atom. The number of hydrogen-bond donors (Lipinski definition) is 1. The van der Waals surface area contributed by atoms with E-state index in [1.807, 2.05) is 64.1 Å². The summed E-state index contributed by atoms with van der Waals surface area (Å²) in [4.78, 5) is 12.7. The minimum absolute atomic E-state index is 0.137. The number of aryl methyl sites for hydroxylation is 3. The molecule has 0 aromatic heterocycles. The lowest BCUT2D eigenvalue weighted by molar-refractivity contribution is -0.121. The van der Waals surface area contributed by atoms with Gasteiger partial charge >= 0.3 is 0 Å². The van der Waals surface area contributed by atoms with Gasteiger partial charge in [0.1, 0.15) is 11.8 Å². The van der Waals surface area contributed by atoms with E-state index in [1.165, 1.54) is 4.31 Å². The van der Waals surface area contributed by atoms with Gasteiger partial charge in [-0.1, -0.05) is 24.3 Å². The molecule has 2 aromatic carbocycles. The van der Waals surface area contributed by atoms with Crippen LogP contribution in [0.5, 0.6) is 5.75 Å². The van der Waals surface area contributed by atoms with Gasteiger partial charge in [0.15, 0.2) is 0 Å². The van der Waals surface area contributed by atoms with Gasteiger partial charge in [0.2, 0.25) is 15.9 Å². The van der Waals surface area contributed by atoms with Crippen LogP contribution in [0.3, 0.4) is 0 Å². The molecule has 0 unspecified atom stereocenters. The van der Waals surface area contributed by atoms with E-state index in [9.17, 15) is 13.2 Å². The van der Waals surface area contributed by atoms with E-state index in [-0.39, 0.29) is 12.0 Å². The molecule has 0 radical (unpaired) electrons. The van der Waals surface area contributed by atoms with Crippen molar-refractivity contribution in [1.29, 1.82) is 0 Å². The molecule has 0 aliphatic carbocycles. The van der Waals surface area contributed by atoms with E-state index in [4.69, 9.17) is 4.74 Å². The first-order valence-corrected chi connectivity index (χ1v) is 12.4. The Kier molecular flexibility index (Phi) is 8.51. The third-order valence-corrected chi connectivity index (χ3v) is 6.15. The van der Waals surface area contributed by atoms with Crippen molar-refractivity contribution in [3.05, 3.63) is 59.2 Å². The van der Waals surface area contributed by atoms with E-state index in [2.05, 4.69) is 5.32 Å². The molecule has 0 fully saturated rings. The topological polar surface area (TPSA) is 75.7 Å². The van der Waals surface area contributed by atoms with Crippen LogP contribution in [-0.4, -0.2) is 39.3 Å². The number of anilines is 1. The van der Waals surface area contributed by atoms with Crippen molar-refractivity contribution in [1.82, 2.24) is 5.32 Å². The van der Waals surface area contributed by atoms with Gasteiger partial charge in [0.05, 0.1) is 18.0 Å². The molecule has 2 rings (SSSR count). The van der Waals surface area contributed by atoms with Gasteiger partial charge in [0.25, 0.3) is 0 Å². The maximum Gasteiger partial charge on any atom is 0.243 e. The maximum absolute atomic E-state index is 12.7. The summed E-state index contributed by atoms with van der Waals surface area (Å²) in [5.74, 6) is 0.528. The summed E-state index contributed by atoms with van der Waals surface area (Å²) in [5.41, 5.74) is 3.44. The number of benzene rings is 2. The highest BCUT2D eigenvalue weighted by atomic mass is 32.2. The number of sulfonamides is 1. The lowest BCUT2D eigenvalue weighted by Gasteiger charge is -2.29. The SMILES string of the molecule is Cc1ccc(C)c(N([C@@H](C)C(=O)NCCCc2ccc(OC(C)C)cc2)S(C)(=O)=O)c1. The number of carbonyl (C=O) groups excluding carboxylic acids is 1. The molecule has 1 atom stereocenters. The van der Waals surface area contributed by atoms with Crippen molar-refractivity contribution in [3.8, 4) is 5.75 Å². The van der Waals surface area contributed by atoms with Crippen LogP contribution >= 0.6 is 0 Å². The molecule has 0 spiro atoms. The van der Waals surface area contributed by atoms with E-state index < -0.39 is 16.1 Å². The average molecular weight is 447 g/mol. The summed E-state index contributed by atoms with van der Waals surface area (Å²) in [6, 6.07) is 12.7. The lowest BCUT2D eigenvalue weighted by Crippen LogP contribution is -2.48. The second-order valence-electron chi connectivity index (χ2n) is 8.23. The molecule has 0 aliphatic rings. The molecule has 170 valence electrons. The fourth-order valence-electron chi connectivity index (χ4n) is 3.40. The zero-order valence-electron chi connectivity index (χ0n) is 19.3. The van der Waals surface area contributed by atoms with E-state index >= 15 is 0 Å². The predicted molar refractivity (Wildman–Crippen MR) is 126 cm³/mol. The summed E-state index contributed by atoms with van der Waals surface area (Å²) in [6.07, 6.45) is 2.83. The lowest BCUT2D eigenvalue weighted by atomic mass is 10.1. The predicted octanol–water partition coefficient (Wildman–Crippen LogP) is 3.99. The van der Waals surface area contributed by atoms with Crippen molar-refractivity contribution in [3.63, 3.8) is 0 Å². The largest absolute Gasteiger partial charge is 0.491 e. The zero-order chi connectivity index (χ0) is 23.2. The minimum Gasteiger partial charge on any atom is -0.491 e. The molecule has 0 heterocycles. The Bertz CT molecular complexity index is 985. The molecule has 7 heteroatoms. The third kappa shape index (κ3) is 7.28. The standard InChI is InChI=1S/C24H34N2O4S/c1-17(2)30-22-13-11-21(12-14-22)8-7-15-25-24(27)20(5)26(31(6,28)29)23-16-18(3)9-10-19(23)4/h9-14,16-17,20H,7-8,15H2,1-6H3,(H,25,27)/t20-/m0/s1. The first-order chi connectivity index (χ1) is 14.5. The molecule has 2 aromatic rings. The third-order valence-electron chi connectivity index (χ3n) is 4.93. The van der Waals surface area contributed by atoms with Gasteiger partial charge < -0.3 is 10.1 Å². The number of rotatable bonds is 10. The van der Waals surface area contributed by atoms with Crippen LogP contribution in [0.15, 0.2) is 42.5 Å². The molecule has 31 heavy (non-hydrogen) atoms. The number of ether oxygens (including phenoxy) is 1. The quantitative estimate of drug-likeness (QED) is 0.560. The summed E-state index contributed by atoms with van der Waals surface area (Å²) in [5, 5.41) is 2.88. The first kappa shape index (κ1) is 24.7. The maximum atomic E-state index is 12.7. The summed E-state index contributed by atoms with van der Waals surface area (Å²) in [7, 11) is -3.63. The molecular formula is C24H34N2O4S. The highest BCUT2D eigenvalue weighted by molar-refractivity contribution is 7.92. The van der Waals surface area contributed by atoms with Crippen LogP contribution in [0.4, 0.5) is 5.69 Å². The molecule has 0 bridgehead atoms. The van der Waals surface area contributed by atoms with Gasteiger partial charge in [-0.2, -0.15) is 0 Å². The second kappa shape index (κ2) is 10.7. The van der Waals surface area contributed by atoms with Crippen LogP contribution < -0.4 is 14.4 Å². The van der Waals surface area contributed by atoms with Crippen LogP contribution in [0.1, 0.15) is 43.9 Å². The van der Waals surface area contributed by atoms with Gasteiger partial charge in [-0.05, 0) is 82.3 Å². The van der Waals surface area contributed by atoms with Crippen molar-refractivity contribution in [2.24, 2.45) is 0 Å². The first-order valence-electron chi connectivity index (χ1n) is 10.6. The molecular weight excluding hydrogens is 412 g/mol. The highest BCUT2D eigenvalue weighted by Gasteiger charge is 2.30. The highest BCUT2D eigenvalue weighted by Crippen LogP contribution is 2.26. The van der Waals surface area contributed by atoms with Crippen molar-refractivity contribution >= 4 is 21.6 Å². The van der Waals surface area contributed by atoms with Gasteiger partial charge in [-0.15, -0.1) is 0 Å². The molecule has 6 nitrogen and oxygen atoms in total. The fourth-order valence-corrected chi connectivity index (χ4v) is 4.62. The molecule has 0 saturated heterocycles. The Balaban J connectivity index is 1.96. The summed E-state index contributed by atoms with van der Waals surface area (Å²) >= 11 is 0. The number of amides is 1. The molecule has 1 N–H and O–H groups in total. The number of carbonyl (C=O) groups is 1. The zero-order valence-corrected chi connectivity index (χ0v) is 20.1. The fraction of sp³-hybridized carbons (Fsp3) is 0.458. The van der Waals surface area contributed by atoms with Gasteiger partial charge in [0, 0.05) is 6.54 Å². The van der Waals surface area contributed by atoms with E-state index in [1.54, 1.807) is 13.0 Å². The van der Waals surface area contributed by atoms with Crippen molar-refractivity contribution in [2.75, 3.05) is 17.1 Å². The Morgan fingerprint density at radius 3 is 2.29 bits per heavy atom. The van der Waals surface area contributed by atoms with Crippen LogP contribution in [0.2, 0.25) is 0 Å². The number of nitrogens with one attached hydrogen (secondary N) is 1. The molecule has 0 saturated carbocycles. The summed E-state index contributed by atoms with van der Waals surface area (Å²) in [6.45, 7) is 9.81. The van der Waals surface area contributed by atoms with E-state index in [0.29, 0.717) is 12.2 Å². The Labute approximate surface area is 186 Å². The summed E-state index contributed by atoms with van der Waals surface area (Å²) < 4.78 is 31.8. The van der Waals surface area contributed by atoms with Gasteiger partial charge in [-0.25, -0.2) is 8.42 Å². The van der Waals surface area contributed by atoms with Crippen LogP contribution in [0.25, 0.3) is 0 Å². The minimum atomic E-state index is -3.63. The van der Waals surface area contributed by atoms with E-state index in [0.717, 1.165) is 41.5 Å². The second-order valence-corrected chi connectivity index (χ2v) is 10.1. The number of nitrogens with zero attached hydrogens (tertiary/aromatic N) is 1. The number of hydrogen-bond acceptors (Lipinski definition) is 4. The van der Waals surface area contributed by atoms with Crippen LogP contribution in [0, 0.1) is 13.8 Å².